The largest absolute Gasteiger partial charge is 0.342 e. The molecule has 2 N–H and O–H groups in total. The minimum Gasteiger partial charge on any atom is -0.342 e. The second-order valence-corrected chi connectivity index (χ2v) is 6.10. The van der Waals surface area contributed by atoms with E-state index < -0.39 is 0 Å². The lowest BCUT2D eigenvalue weighted by molar-refractivity contribution is -0.135. The molecule has 3 heteroatoms. The molecule has 0 saturated heterocycles. The molecule has 1 aliphatic carbocycles. The number of rotatable bonds is 4. The molecule has 0 aromatic heterocycles. The van der Waals surface area contributed by atoms with Crippen LogP contribution >= 0.6 is 0 Å². The summed E-state index contributed by atoms with van der Waals surface area (Å²) in [6, 6.07) is 9.06. The summed E-state index contributed by atoms with van der Waals surface area (Å²) in [4.78, 5) is 14.3. The van der Waals surface area contributed by atoms with Crippen LogP contribution in [-0.4, -0.2) is 30.4 Å². The molecule has 2 rings (SSSR count). The van der Waals surface area contributed by atoms with Crippen LogP contribution in [-0.2, 0) is 4.79 Å². The van der Waals surface area contributed by atoms with Crippen molar-refractivity contribution in [2.75, 3.05) is 13.6 Å². The number of likely N-dealkylation sites (N-methyl/N-ethyl adjacent to an activating group) is 1. The average Bonchev–Trinajstić information content (AvgIpc) is 2.95. The molecule has 0 spiro atoms. The van der Waals surface area contributed by atoms with Gasteiger partial charge in [0.25, 0.3) is 0 Å². The first-order valence-electron chi connectivity index (χ1n) is 7.58. The lowest BCUT2D eigenvalue weighted by Crippen LogP contribution is -2.43. The van der Waals surface area contributed by atoms with Crippen LogP contribution in [0.2, 0.25) is 0 Å². The smallest absolute Gasteiger partial charge is 0.226 e. The van der Waals surface area contributed by atoms with Crippen molar-refractivity contribution in [3.8, 4) is 0 Å². The van der Waals surface area contributed by atoms with E-state index in [1.54, 1.807) is 0 Å². The SMILES string of the molecule is Cc1ccc(C2CCCC2N(C)C(=O)C(C)CN)cc1. The molecule has 0 bridgehead atoms. The number of aryl methyl sites for hydroxylation is 1. The summed E-state index contributed by atoms with van der Waals surface area (Å²) < 4.78 is 0. The molecule has 1 aromatic rings. The molecule has 3 atom stereocenters. The highest BCUT2D eigenvalue weighted by Crippen LogP contribution is 2.37. The van der Waals surface area contributed by atoms with Gasteiger partial charge in [0.15, 0.2) is 0 Å². The van der Waals surface area contributed by atoms with E-state index in [0.717, 1.165) is 6.42 Å². The molecule has 1 saturated carbocycles. The summed E-state index contributed by atoms with van der Waals surface area (Å²) in [7, 11) is 1.94. The number of hydrogen-bond donors (Lipinski definition) is 1. The molecular formula is C17H26N2O. The Labute approximate surface area is 122 Å². The number of carbonyl (C=O) groups is 1. The fourth-order valence-corrected chi connectivity index (χ4v) is 3.22. The minimum absolute atomic E-state index is 0.0840. The second-order valence-electron chi connectivity index (χ2n) is 6.10. The topological polar surface area (TPSA) is 46.3 Å². The van der Waals surface area contributed by atoms with Gasteiger partial charge in [-0.05, 0) is 25.3 Å². The summed E-state index contributed by atoms with van der Waals surface area (Å²) >= 11 is 0. The van der Waals surface area contributed by atoms with Crippen LogP contribution in [0, 0.1) is 12.8 Å². The molecule has 0 heterocycles. The number of benzene rings is 1. The second kappa shape index (κ2) is 6.40. The van der Waals surface area contributed by atoms with Crippen LogP contribution in [0.5, 0.6) is 0 Å². The Kier molecular flexibility index (Phi) is 4.81. The number of nitrogens with zero attached hydrogens (tertiary/aromatic N) is 1. The van der Waals surface area contributed by atoms with Gasteiger partial charge < -0.3 is 10.6 Å². The van der Waals surface area contributed by atoms with Gasteiger partial charge in [-0.3, -0.25) is 4.79 Å². The molecule has 1 amide bonds. The lowest BCUT2D eigenvalue weighted by atomic mass is 9.92. The Morgan fingerprint density at radius 1 is 1.35 bits per heavy atom. The summed E-state index contributed by atoms with van der Waals surface area (Å²) in [6.07, 6.45) is 3.46. The van der Waals surface area contributed by atoms with Crippen molar-refractivity contribution in [3.63, 3.8) is 0 Å². The van der Waals surface area contributed by atoms with Crippen molar-refractivity contribution in [2.24, 2.45) is 11.7 Å². The summed E-state index contributed by atoms with van der Waals surface area (Å²) in [5.74, 6) is 0.560. The van der Waals surface area contributed by atoms with Gasteiger partial charge in [-0.15, -0.1) is 0 Å². The van der Waals surface area contributed by atoms with Crippen LogP contribution in [0.25, 0.3) is 0 Å². The van der Waals surface area contributed by atoms with E-state index in [1.807, 2.05) is 18.9 Å². The first-order valence-corrected chi connectivity index (χ1v) is 7.58. The van der Waals surface area contributed by atoms with E-state index in [-0.39, 0.29) is 11.8 Å². The van der Waals surface area contributed by atoms with E-state index in [2.05, 4.69) is 31.2 Å². The van der Waals surface area contributed by atoms with E-state index >= 15 is 0 Å². The molecular weight excluding hydrogens is 248 g/mol. The molecule has 3 nitrogen and oxygen atoms in total. The van der Waals surface area contributed by atoms with Gasteiger partial charge in [-0.25, -0.2) is 0 Å². The van der Waals surface area contributed by atoms with Crippen molar-refractivity contribution in [1.29, 1.82) is 0 Å². The Hall–Kier alpha value is -1.35. The molecule has 0 aliphatic heterocycles. The van der Waals surface area contributed by atoms with Gasteiger partial charge >= 0.3 is 0 Å². The molecule has 1 aromatic carbocycles. The molecule has 110 valence electrons. The number of amides is 1. The van der Waals surface area contributed by atoms with E-state index in [0.29, 0.717) is 18.5 Å². The number of hydrogen-bond acceptors (Lipinski definition) is 2. The highest BCUT2D eigenvalue weighted by molar-refractivity contribution is 5.79. The molecule has 1 fully saturated rings. The van der Waals surface area contributed by atoms with E-state index in [9.17, 15) is 4.79 Å². The van der Waals surface area contributed by atoms with Crippen LogP contribution in [0.4, 0.5) is 0 Å². The van der Waals surface area contributed by atoms with Gasteiger partial charge in [0.05, 0.1) is 0 Å². The monoisotopic (exact) mass is 274 g/mol. The fraction of sp³-hybridized carbons (Fsp3) is 0.588. The van der Waals surface area contributed by atoms with Gasteiger partial charge in [-0.1, -0.05) is 43.2 Å². The van der Waals surface area contributed by atoms with Gasteiger partial charge in [-0.2, -0.15) is 0 Å². The molecule has 1 aliphatic rings. The van der Waals surface area contributed by atoms with Crippen LogP contribution < -0.4 is 5.73 Å². The highest BCUT2D eigenvalue weighted by Gasteiger charge is 2.34. The van der Waals surface area contributed by atoms with E-state index in [4.69, 9.17) is 5.73 Å². The van der Waals surface area contributed by atoms with Crippen molar-refractivity contribution < 1.29 is 4.79 Å². The minimum atomic E-state index is -0.0840. The van der Waals surface area contributed by atoms with Crippen LogP contribution in [0.15, 0.2) is 24.3 Å². The van der Waals surface area contributed by atoms with Crippen molar-refractivity contribution in [1.82, 2.24) is 4.90 Å². The molecule has 0 radical (unpaired) electrons. The Morgan fingerprint density at radius 2 is 2.00 bits per heavy atom. The van der Waals surface area contributed by atoms with Crippen LogP contribution in [0.3, 0.4) is 0 Å². The maximum absolute atomic E-state index is 12.3. The predicted molar refractivity (Wildman–Crippen MR) is 82.5 cm³/mol. The summed E-state index contributed by atoms with van der Waals surface area (Å²) in [5.41, 5.74) is 8.27. The third kappa shape index (κ3) is 3.04. The maximum Gasteiger partial charge on any atom is 0.226 e. The average molecular weight is 274 g/mol. The zero-order valence-electron chi connectivity index (χ0n) is 12.8. The molecule has 20 heavy (non-hydrogen) atoms. The lowest BCUT2D eigenvalue weighted by Gasteiger charge is -2.32. The highest BCUT2D eigenvalue weighted by atomic mass is 16.2. The fourth-order valence-electron chi connectivity index (χ4n) is 3.22. The van der Waals surface area contributed by atoms with E-state index in [1.165, 1.54) is 24.0 Å². The Balaban J connectivity index is 2.14. The van der Waals surface area contributed by atoms with Gasteiger partial charge in [0.2, 0.25) is 5.91 Å². The standard InChI is InChI=1S/C17H26N2O/c1-12-7-9-14(10-8-12)15-5-4-6-16(15)19(3)17(20)13(2)11-18/h7-10,13,15-16H,4-6,11,18H2,1-3H3. The Bertz CT molecular complexity index is 455. The third-order valence-electron chi connectivity index (χ3n) is 4.61. The van der Waals surface area contributed by atoms with Gasteiger partial charge in [0, 0.05) is 31.5 Å². The number of carbonyl (C=O) groups excluding carboxylic acids is 1. The summed E-state index contributed by atoms with van der Waals surface area (Å²) in [5, 5.41) is 0. The quantitative estimate of drug-likeness (QED) is 0.917. The van der Waals surface area contributed by atoms with Crippen LogP contribution in [0.1, 0.15) is 43.2 Å². The zero-order valence-corrected chi connectivity index (χ0v) is 12.8. The van der Waals surface area contributed by atoms with Crippen molar-refractivity contribution >= 4 is 5.91 Å². The maximum atomic E-state index is 12.3. The molecule has 3 unspecified atom stereocenters. The van der Waals surface area contributed by atoms with Crippen molar-refractivity contribution in [2.45, 2.75) is 45.1 Å². The normalized spacial score (nSPS) is 23.6. The third-order valence-corrected chi connectivity index (χ3v) is 4.61. The first-order chi connectivity index (χ1) is 9.54. The first kappa shape index (κ1) is 15.0. The number of nitrogens with two attached hydrogens (primary N) is 1. The van der Waals surface area contributed by atoms with Crippen molar-refractivity contribution in [3.05, 3.63) is 35.4 Å². The zero-order chi connectivity index (χ0) is 14.7. The predicted octanol–water partition coefficient (Wildman–Crippen LogP) is 2.68. The summed E-state index contributed by atoms with van der Waals surface area (Å²) in [6.45, 7) is 4.44. The Morgan fingerprint density at radius 3 is 2.60 bits per heavy atom. The van der Waals surface area contributed by atoms with Gasteiger partial charge in [0.1, 0.15) is 0 Å².